The molecule has 0 aliphatic carbocycles. The average Bonchev–Trinajstić information content (AvgIpc) is 2.76. The molecule has 2 rings (SSSR count). The lowest BCUT2D eigenvalue weighted by molar-refractivity contribution is 0.469. The number of hydrogen-bond acceptors (Lipinski definition) is 0. The molecule has 2 aromatic rings. The third-order valence-electron chi connectivity index (χ3n) is 9.97. The van der Waals surface area contributed by atoms with Gasteiger partial charge in [0.25, 0.3) is 0 Å². The van der Waals surface area contributed by atoms with Gasteiger partial charge < -0.3 is 0 Å². The Bertz CT molecular complexity index is 1380. The maximum atomic E-state index is 2.67. The molecule has 0 aliphatic rings. The molecule has 0 aromatic heterocycles. The van der Waals surface area contributed by atoms with E-state index in [2.05, 4.69) is 185 Å². The minimum Gasteiger partial charge on any atom is -0.0581 e. The number of hydrogen-bond donors (Lipinski definition) is 0. The van der Waals surface area contributed by atoms with Gasteiger partial charge >= 0.3 is 0 Å². The molecule has 0 heteroatoms. The van der Waals surface area contributed by atoms with Crippen LogP contribution in [0.5, 0.6) is 0 Å². The molecule has 0 spiro atoms. The largest absolute Gasteiger partial charge is 0.0581 e. The molecule has 0 amide bonds. The van der Waals surface area contributed by atoms with Gasteiger partial charge in [-0.3, -0.25) is 0 Å². The fraction of sp³-hybridized carbons (Fsp3) is 0.745. The normalized spacial score (nSPS) is 15.3. The van der Waals surface area contributed by atoms with E-state index in [9.17, 15) is 0 Å². The molecule has 0 saturated carbocycles. The van der Waals surface area contributed by atoms with Crippen LogP contribution in [0.25, 0.3) is 0 Å². The molecule has 0 radical (unpaired) electrons. The van der Waals surface area contributed by atoms with E-state index in [4.69, 9.17) is 0 Å². The van der Waals surface area contributed by atoms with Crippen molar-refractivity contribution in [1.82, 2.24) is 0 Å². The number of benzene rings is 2. The van der Waals surface area contributed by atoms with Crippen LogP contribution in [0.1, 0.15) is 235 Å². The molecule has 2 aromatic carbocycles. The smallest absolute Gasteiger partial charge is 0.0126 e. The maximum Gasteiger partial charge on any atom is -0.0126 e. The number of rotatable bonds is 3. The Hall–Kier alpha value is -1.56. The van der Waals surface area contributed by atoms with Crippen molar-refractivity contribution >= 4 is 0 Å². The summed E-state index contributed by atoms with van der Waals surface area (Å²) >= 11 is 0. The van der Waals surface area contributed by atoms with E-state index in [0.717, 1.165) is 6.42 Å². The minimum atomic E-state index is 0.0115. The molecule has 1 atom stereocenters. The predicted octanol–water partition coefficient (Wildman–Crippen LogP) is 14.4. The van der Waals surface area contributed by atoms with Crippen molar-refractivity contribution in [1.29, 1.82) is 0 Å². The van der Waals surface area contributed by atoms with Gasteiger partial charge in [0, 0.05) is 0 Å². The van der Waals surface area contributed by atoms with E-state index in [0.29, 0.717) is 5.92 Å². The van der Waals surface area contributed by atoms with E-state index in [1.165, 1.54) is 16.7 Å². The van der Waals surface area contributed by atoms with Gasteiger partial charge in [-0.1, -0.05) is 185 Å². The third-order valence-corrected chi connectivity index (χ3v) is 9.97. The van der Waals surface area contributed by atoms with Gasteiger partial charge in [-0.05, 0) is 111 Å². The second kappa shape index (κ2) is 12.3. The summed E-state index contributed by atoms with van der Waals surface area (Å²) in [4.78, 5) is 0. The molecule has 0 nitrogen and oxygen atoms in total. The summed E-state index contributed by atoms with van der Waals surface area (Å²) in [5.41, 5.74) is 15.8. The monoisotopic (exact) mass is 645 g/mol. The lowest BCUT2D eigenvalue weighted by atomic mass is 9.61. The van der Waals surface area contributed by atoms with E-state index < -0.39 is 0 Å². The molecular weight excluding hydrogens is 565 g/mol. The summed E-state index contributed by atoms with van der Waals surface area (Å²) in [5.74, 6) is 0.351. The Morgan fingerprint density at radius 2 is 0.617 bits per heavy atom. The van der Waals surface area contributed by atoms with Crippen molar-refractivity contribution in [2.24, 2.45) is 0 Å². The molecule has 0 fully saturated rings. The second-order valence-corrected chi connectivity index (χ2v) is 23.4. The quantitative estimate of drug-likeness (QED) is 0.312. The van der Waals surface area contributed by atoms with Crippen LogP contribution in [0.2, 0.25) is 0 Å². The maximum absolute atomic E-state index is 2.67. The molecule has 0 bridgehead atoms. The van der Waals surface area contributed by atoms with Crippen LogP contribution in [-0.4, -0.2) is 0 Å². The van der Waals surface area contributed by atoms with Gasteiger partial charge in [-0.2, -0.15) is 0 Å². The Kier molecular flexibility index (Phi) is 10.9. The SMILES string of the molecule is CC(Cc1cc(C(C)(C)C)c(C(C)(C)C)c(C(C)(C)C)c1C(C)(C)C)c1c(C(C)(C)C)c(C(C)(C)C)cc(C(C)(C)C)c1C(C)(C)C. The van der Waals surface area contributed by atoms with Crippen LogP contribution in [-0.2, 0) is 49.7 Å². The van der Waals surface area contributed by atoms with Crippen molar-refractivity contribution in [3.8, 4) is 0 Å². The first-order valence-electron chi connectivity index (χ1n) is 18.8. The molecule has 0 heterocycles. The first kappa shape index (κ1) is 41.6. The highest BCUT2D eigenvalue weighted by molar-refractivity contribution is 5.60. The van der Waals surface area contributed by atoms with Gasteiger partial charge in [-0.15, -0.1) is 0 Å². The van der Waals surface area contributed by atoms with Crippen LogP contribution in [0.3, 0.4) is 0 Å². The van der Waals surface area contributed by atoms with Crippen molar-refractivity contribution in [3.63, 3.8) is 0 Å². The molecule has 268 valence electrons. The fourth-order valence-corrected chi connectivity index (χ4v) is 8.30. The van der Waals surface area contributed by atoms with E-state index in [1.54, 1.807) is 38.9 Å². The highest BCUT2D eigenvalue weighted by Gasteiger charge is 2.41. The predicted molar refractivity (Wildman–Crippen MR) is 215 cm³/mol. The average molecular weight is 645 g/mol. The first-order valence-corrected chi connectivity index (χ1v) is 18.8. The van der Waals surface area contributed by atoms with Crippen molar-refractivity contribution in [2.45, 2.75) is 229 Å². The van der Waals surface area contributed by atoms with Crippen molar-refractivity contribution in [2.75, 3.05) is 0 Å². The summed E-state index contributed by atoms with van der Waals surface area (Å²) in [6.45, 7) is 61.0. The Balaban J connectivity index is 3.37. The summed E-state index contributed by atoms with van der Waals surface area (Å²) < 4.78 is 0. The van der Waals surface area contributed by atoms with Crippen molar-refractivity contribution in [3.05, 3.63) is 67.8 Å². The highest BCUT2D eigenvalue weighted by atomic mass is 14.4. The Morgan fingerprint density at radius 1 is 0.340 bits per heavy atom. The van der Waals surface area contributed by atoms with Crippen LogP contribution in [0.4, 0.5) is 0 Å². The van der Waals surface area contributed by atoms with Gasteiger partial charge in [0.1, 0.15) is 0 Å². The highest BCUT2D eigenvalue weighted by Crippen LogP contribution is 2.51. The van der Waals surface area contributed by atoms with E-state index >= 15 is 0 Å². The minimum absolute atomic E-state index is 0.0115. The van der Waals surface area contributed by atoms with Crippen molar-refractivity contribution < 1.29 is 0 Å². The van der Waals surface area contributed by atoms with Gasteiger partial charge in [-0.25, -0.2) is 0 Å². The Labute approximate surface area is 295 Å². The lowest BCUT2D eigenvalue weighted by Crippen LogP contribution is -2.34. The summed E-state index contributed by atoms with van der Waals surface area (Å²) in [5, 5.41) is 0. The Morgan fingerprint density at radius 3 is 0.872 bits per heavy atom. The van der Waals surface area contributed by atoms with Gasteiger partial charge in [0.05, 0.1) is 0 Å². The second-order valence-electron chi connectivity index (χ2n) is 23.4. The first-order chi connectivity index (χ1) is 20.3. The van der Waals surface area contributed by atoms with Gasteiger partial charge in [0.2, 0.25) is 0 Å². The third kappa shape index (κ3) is 8.97. The van der Waals surface area contributed by atoms with Crippen LogP contribution in [0, 0.1) is 0 Å². The van der Waals surface area contributed by atoms with Crippen LogP contribution < -0.4 is 0 Å². The topological polar surface area (TPSA) is 0 Å². The van der Waals surface area contributed by atoms with Crippen LogP contribution >= 0.6 is 0 Å². The standard InChI is InChI=1S/C47H80/c1-29(34-36(44(14,15)16)32(41(5,6)7)28-33(42(8,9)10)37(34)45(17,18)19)26-30-27-31(40(2,3)4)38(46(20,21)22)39(47(23,24)25)35(30)43(11,12)13/h27-29H,26H2,1-25H3. The zero-order valence-corrected chi connectivity index (χ0v) is 36.4. The van der Waals surface area contributed by atoms with Crippen LogP contribution in [0.15, 0.2) is 12.1 Å². The summed E-state index contributed by atoms with van der Waals surface area (Å²) in [6, 6.07) is 5.28. The van der Waals surface area contributed by atoms with E-state index in [-0.39, 0.29) is 43.3 Å². The zero-order chi connectivity index (χ0) is 37.5. The zero-order valence-electron chi connectivity index (χ0n) is 36.4. The molecule has 1 unspecified atom stereocenters. The van der Waals surface area contributed by atoms with Gasteiger partial charge in [0.15, 0.2) is 0 Å². The molecule has 0 saturated heterocycles. The molecular formula is C47H80. The molecule has 0 N–H and O–H groups in total. The molecule has 0 aliphatic heterocycles. The summed E-state index contributed by atoms with van der Waals surface area (Å²) in [7, 11) is 0. The molecule has 47 heavy (non-hydrogen) atoms. The fourth-order valence-electron chi connectivity index (χ4n) is 8.30. The van der Waals surface area contributed by atoms with E-state index in [1.807, 2.05) is 0 Å². The lowest BCUT2D eigenvalue weighted by Gasteiger charge is -2.43. The summed E-state index contributed by atoms with van der Waals surface area (Å²) in [6.07, 6.45) is 1.03.